The Morgan fingerprint density at radius 1 is 1.55 bits per heavy atom. The van der Waals surface area contributed by atoms with E-state index >= 15 is 0 Å². The Morgan fingerprint density at radius 2 is 2.27 bits per heavy atom. The van der Waals surface area contributed by atoms with Crippen LogP contribution in [0.15, 0.2) is 18.2 Å². The van der Waals surface area contributed by atoms with E-state index in [1.165, 1.54) is 7.11 Å². The van der Waals surface area contributed by atoms with Gasteiger partial charge in [-0.2, -0.15) is 0 Å². The number of hydrogen-bond acceptors (Lipinski definition) is 2. The minimum atomic E-state index is -0.0519. The Labute approximate surface area is 70.4 Å². The van der Waals surface area contributed by atoms with Gasteiger partial charge in [-0.25, -0.2) is 0 Å². The maximum Gasteiger partial charge on any atom is 0.142 e. The van der Waals surface area contributed by atoms with E-state index in [2.05, 4.69) is 0 Å². The third kappa shape index (κ3) is 1.64. The molecule has 2 nitrogen and oxygen atoms in total. The number of halogens is 1. The summed E-state index contributed by atoms with van der Waals surface area (Å²) in [5.74, 6) is 0.552. The number of benzene rings is 1. The van der Waals surface area contributed by atoms with Gasteiger partial charge in [0.1, 0.15) is 5.75 Å². The second-order valence-electron chi connectivity index (χ2n) is 2.09. The molecule has 0 unspecified atom stereocenters. The third-order valence-corrected chi connectivity index (χ3v) is 1.72. The first kappa shape index (κ1) is 8.37. The number of rotatable bonds is 2. The molecular weight excluding hydrogens is 164 g/mol. The van der Waals surface area contributed by atoms with Crippen molar-refractivity contribution >= 4 is 11.6 Å². The molecule has 60 valence electrons. The van der Waals surface area contributed by atoms with Crippen molar-refractivity contribution in [1.82, 2.24) is 0 Å². The molecule has 1 aromatic rings. The molecule has 0 aliphatic heterocycles. The SMILES string of the molecule is COc1c(Cl)cccc1CO. The summed E-state index contributed by atoms with van der Waals surface area (Å²) in [6.07, 6.45) is 0. The monoisotopic (exact) mass is 172 g/mol. The van der Waals surface area contributed by atoms with Crippen LogP contribution in [0.5, 0.6) is 5.75 Å². The zero-order valence-corrected chi connectivity index (χ0v) is 6.93. The molecule has 0 radical (unpaired) electrons. The van der Waals surface area contributed by atoms with Gasteiger partial charge in [0.25, 0.3) is 0 Å². The van der Waals surface area contributed by atoms with Gasteiger partial charge in [0.15, 0.2) is 0 Å². The van der Waals surface area contributed by atoms with E-state index in [0.717, 1.165) is 0 Å². The van der Waals surface area contributed by atoms with Gasteiger partial charge in [0.05, 0.1) is 18.7 Å². The Bertz CT molecular complexity index is 248. The summed E-state index contributed by atoms with van der Waals surface area (Å²) in [6, 6.07) is 5.26. The summed E-state index contributed by atoms with van der Waals surface area (Å²) in [6.45, 7) is -0.0519. The van der Waals surface area contributed by atoms with E-state index < -0.39 is 0 Å². The van der Waals surface area contributed by atoms with Gasteiger partial charge in [0.2, 0.25) is 0 Å². The van der Waals surface area contributed by atoms with Crippen molar-refractivity contribution in [2.24, 2.45) is 0 Å². The summed E-state index contributed by atoms with van der Waals surface area (Å²) >= 11 is 5.77. The number of aliphatic hydroxyl groups excluding tert-OH is 1. The van der Waals surface area contributed by atoms with Crippen LogP contribution in [0, 0.1) is 0 Å². The maximum absolute atomic E-state index is 8.84. The van der Waals surface area contributed by atoms with Crippen molar-refractivity contribution in [3.05, 3.63) is 28.8 Å². The van der Waals surface area contributed by atoms with Gasteiger partial charge in [-0.05, 0) is 6.07 Å². The number of para-hydroxylation sites is 1. The van der Waals surface area contributed by atoms with E-state index in [1.54, 1.807) is 18.2 Å². The molecule has 0 saturated carbocycles. The highest BCUT2D eigenvalue weighted by Gasteiger charge is 2.04. The third-order valence-electron chi connectivity index (χ3n) is 1.42. The van der Waals surface area contributed by atoms with E-state index in [-0.39, 0.29) is 6.61 Å². The fraction of sp³-hybridized carbons (Fsp3) is 0.250. The highest BCUT2D eigenvalue weighted by Crippen LogP contribution is 2.27. The zero-order chi connectivity index (χ0) is 8.27. The first-order valence-electron chi connectivity index (χ1n) is 3.22. The van der Waals surface area contributed by atoms with Gasteiger partial charge in [-0.15, -0.1) is 0 Å². The van der Waals surface area contributed by atoms with Gasteiger partial charge < -0.3 is 9.84 Å². The lowest BCUT2D eigenvalue weighted by Crippen LogP contribution is -1.91. The molecule has 0 aromatic heterocycles. The molecule has 1 aromatic carbocycles. The Hall–Kier alpha value is -0.730. The fourth-order valence-electron chi connectivity index (χ4n) is 0.907. The number of aliphatic hydroxyl groups is 1. The second kappa shape index (κ2) is 3.60. The molecular formula is C8H9ClO2. The van der Waals surface area contributed by atoms with Gasteiger partial charge in [0, 0.05) is 5.56 Å². The second-order valence-corrected chi connectivity index (χ2v) is 2.50. The maximum atomic E-state index is 8.84. The molecule has 0 bridgehead atoms. The molecule has 0 atom stereocenters. The molecule has 0 saturated heterocycles. The molecule has 1 N–H and O–H groups in total. The average Bonchev–Trinajstić information content (AvgIpc) is 2.04. The van der Waals surface area contributed by atoms with Crippen LogP contribution in [0.25, 0.3) is 0 Å². The van der Waals surface area contributed by atoms with Crippen LogP contribution in [-0.2, 0) is 6.61 Å². The van der Waals surface area contributed by atoms with Crippen LogP contribution in [0.4, 0.5) is 0 Å². The van der Waals surface area contributed by atoms with Crippen molar-refractivity contribution in [3.8, 4) is 5.75 Å². The number of ether oxygens (including phenoxy) is 1. The van der Waals surface area contributed by atoms with E-state index in [1.807, 2.05) is 0 Å². The van der Waals surface area contributed by atoms with Gasteiger partial charge in [-0.1, -0.05) is 23.7 Å². The molecule has 0 fully saturated rings. The minimum Gasteiger partial charge on any atom is -0.495 e. The summed E-state index contributed by atoms with van der Waals surface area (Å²) in [5, 5.41) is 9.36. The van der Waals surface area contributed by atoms with Crippen molar-refractivity contribution in [2.45, 2.75) is 6.61 Å². The Kier molecular flexibility index (Phi) is 2.74. The van der Waals surface area contributed by atoms with Gasteiger partial charge >= 0.3 is 0 Å². The highest BCUT2D eigenvalue weighted by atomic mass is 35.5. The van der Waals surface area contributed by atoms with Crippen molar-refractivity contribution < 1.29 is 9.84 Å². The zero-order valence-electron chi connectivity index (χ0n) is 6.17. The van der Waals surface area contributed by atoms with Crippen LogP contribution in [0.1, 0.15) is 5.56 Å². The lowest BCUT2D eigenvalue weighted by Gasteiger charge is -2.06. The first-order valence-corrected chi connectivity index (χ1v) is 3.59. The number of hydrogen-bond donors (Lipinski definition) is 1. The van der Waals surface area contributed by atoms with Gasteiger partial charge in [-0.3, -0.25) is 0 Å². The summed E-state index contributed by atoms with van der Waals surface area (Å²) in [7, 11) is 1.53. The van der Waals surface area contributed by atoms with Crippen molar-refractivity contribution in [1.29, 1.82) is 0 Å². The predicted octanol–water partition coefficient (Wildman–Crippen LogP) is 1.84. The summed E-state index contributed by atoms with van der Waals surface area (Å²) in [4.78, 5) is 0. The molecule has 0 heterocycles. The Balaban J connectivity index is 3.13. The topological polar surface area (TPSA) is 29.5 Å². The molecule has 0 aliphatic carbocycles. The molecule has 11 heavy (non-hydrogen) atoms. The fourth-order valence-corrected chi connectivity index (χ4v) is 1.18. The molecule has 3 heteroatoms. The molecule has 0 aliphatic rings. The molecule has 0 amide bonds. The lowest BCUT2D eigenvalue weighted by atomic mass is 10.2. The van der Waals surface area contributed by atoms with Crippen molar-refractivity contribution in [2.75, 3.05) is 7.11 Å². The van der Waals surface area contributed by atoms with Crippen molar-refractivity contribution in [3.63, 3.8) is 0 Å². The quantitative estimate of drug-likeness (QED) is 0.738. The normalized spacial score (nSPS) is 9.73. The number of methoxy groups -OCH3 is 1. The summed E-state index contributed by atoms with van der Waals surface area (Å²) in [5.41, 5.74) is 0.708. The van der Waals surface area contributed by atoms with E-state index in [4.69, 9.17) is 21.4 Å². The Morgan fingerprint density at radius 3 is 2.73 bits per heavy atom. The minimum absolute atomic E-state index is 0.0519. The predicted molar refractivity (Wildman–Crippen MR) is 43.9 cm³/mol. The van der Waals surface area contributed by atoms with E-state index in [9.17, 15) is 0 Å². The average molecular weight is 173 g/mol. The highest BCUT2D eigenvalue weighted by molar-refractivity contribution is 6.32. The van der Waals surface area contributed by atoms with Crippen LogP contribution in [-0.4, -0.2) is 12.2 Å². The smallest absolute Gasteiger partial charge is 0.142 e. The standard InChI is InChI=1S/C8H9ClO2/c1-11-8-6(5-10)3-2-4-7(8)9/h2-4,10H,5H2,1H3. The first-order chi connectivity index (χ1) is 5.29. The van der Waals surface area contributed by atoms with E-state index in [0.29, 0.717) is 16.3 Å². The molecule has 1 rings (SSSR count). The van der Waals surface area contributed by atoms with Crippen LogP contribution in [0.3, 0.4) is 0 Å². The van der Waals surface area contributed by atoms with Crippen LogP contribution < -0.4 is 4.74 Å². The van der Waals surface area contributed by atoms with Crippen LogP contribution in [0.2, 0.25) is 5.02 Å². The molecule has 0 spiro atoms. The lowest BCUT2D eigenvalue weighted by molar-refractivity contribution is 0.274. The van der Waals surface area contributed by atoms with Crippen LogP contribution >= 0.6 is 11.6 Å². The largest absolute Gasteiger partial charge is 0.495 e. The summed E-state index contributed by atoms with van der Waals surface area (Å²) < 4.78 is 4.98.